The maximum Gasteiger partial charge on any atom is 0.437 e. The molecule has 0 aliphatic carbocycles. The molecule has 10 heteroatoms. The lowest BCUT2D eigenvalue weighted by Crippen LogP contribution is -2.49. The standard InChI is InChI=1S/C18H19F2N5O3/c19-14-4-12(5-23-16(14)25-6-10(7-25)8-26)13-3-1-2-11(15(13)20)9-28-18(27)24-17(21)22/h1-5,10,26H,6-9H2,(H4,21,22,24,27). The molecular formula is C18H19F2N5O3. The van der Waals surface area contributed by atoms with E-state index in [1.165, 1.54) is 24.4 Å². The Kier molecular flexibility index (Phi) is 5.69. The Morgan fingerprint density at radius 1 is 1.36 bits per heavy atom. The quantitative estimate of drug-likeness (QED) is 0.519. The van der Waals surface area contributed by atoms with Gasteiger partial charge < -0.3 is 26.2 Å². The number of guanidine groups is 1. The van der Waals surface area contributed by atoms with Gasteiger partial charge in [-0.3, -0.25) is 0 Å². The minimum Gasteiger partial charge on any atom is -0.443 e. The number of pyridine rings is 1. The van der Waals surface area contributed by atoms with Crippen LogP contribution in [0.15, 0.2) is 35.5 Å². The van der Waals surface area contributed by atoms with Crippen LogP contribution in [-0.4, -0.2) is 41.8 Å². The summed E-state index contributed by atoms with van der Waals surface area (Å²) in [6, 6.07) is 5.64. The zero-order valence-corrected chi connectivity index (χ0v) is 14.8. The smallest absolute Gasteiger partial charge is 0.437 e. The predicted molar refractivity (Wildman–Crippen MR) is 98.4 cm³/mol. The molecule has 0 atom stereocenters. The second kappa shape index (κ2) is 8.17. The molecule has 28 heavy (non-hydrogen) atoms. The molecule has 2 aromatic rings. The Morgan fingerprint density at radius 3 is 2.75 bits per heavy atom. The summed E-state index contributed by atoms with van der Waals surface area (Å²) in [5, 5.41) is 9.06. The lowest BCUT2D eigenvalue weighted by Gasteiger charge is -2.39. The van der Waals surface area contributed by atoms with Gasteiger partial charge in [-0.25, -0.2) is 18.6 Å². The number of hydrogen-bond acceptors (Lipinski definition) is 5. The summed E-state index contributed by atoms with van der Waals surface area (Å²) >= 11 is 0. The van der Waals surface area contributed by atoms with Crippen LogP contribution in [0.4, 0.5) is 19.4 Å². The van der Waals surface area contributed by atoms with Crippen molar-refractivity contribution in [3.63, 3.8) is 0 Å². The van der Waals surface area contributed by atoms with Gasteiger partial charge in [0.05, 0.1) is 0 Å². The SMILES string of the molecule is NC(N)=NC(=O)OCc1cccc(-c2cnc(N3CC(CO)C3)c(F)c2)c1F. The Hall–Kier alpha value is -3.27. The van der Waals surface area contributed by atoms with Crippen molar-refractivity contribution in [2.45, 2.75) is 6.61 Å². The number of nitrogens with two attached hydrogens (primary N) is 2. The van der Waals surface area contributed by atoms with E-state index in [0.717, 1.165) is 0 Å². The van der Waals surface area contributed by atoms with Crippen LogP contribution in [0.1, 0.15) is 5.56 Å². The van der Waals surface area contributed by atoms with Gasteiger partial charge in [0.15, 0.2) is 17.6 Å². The van der Waals surface area contributed by atoms with E-state index in [1.807, 2.05) is 0 Å². The van der Waals surface area contributed by atoms with Gasteiger partial charge in [0.25, 0.3) is 0 Å². The molecule has 1 saturated heterocycles. The molecule has 1 amide bonds. The number of ether oxygens (including phenoxy) is 1. The number of aliphatic hydroxyl groups excluding tert-OH is 1. The van der Waals surface area contributed by atoms with E-state index in [0.29, 0.717) is 13.1 Å². The number of benzene rings is 1. The Labute approximate surface area is 159 Å². The van der Waals surface area contributed by atoms with Crippen molar-refractivity contribution in [3.8, 4) is 11.1 Å². The van der Waals surface area contributed by atoms with E-state index in [2.05, 4.69) is 9.98 Å². The highest BCUT2D eigenvalue weighted by atomic mass is 19.1. The number of nitrogens with zero attached hydrogens (tertiary/aromatic N) is 3. The molecule has 1 aromatic heterocycles. The van der Waals surface area contributed by atoms with Crippen molar-refractivity contribution in [2.75, 3.05) is 24.6 Å². The summed E-state index contributed by atoms with van der Waals surface area (Å²) in [7, 11) is 0. The molecule has 1 aliphatic rings. The number of aliphatic hydroxyl groups is 1. The summed E-state index contributed by atoms with van der Waals surface area (Å²) in [5.41, 5.74) is 10.6. The van der Waals surface area contributed by atoms with Crippen LogP contribution in [0.2, 0.25) is 0 Å². The number of carbonyl (C=O) groups is 1. The summed E-state index contributed by atoms with van der Waals surface area (Å²) in [6.07, 6.45) is 0.329. The van der Waals surface area contributed by atoms with E-state index >= 15 is 0 Å². The van der Waals surface area contributed by atoms with Gasteiger partial charge in [0, 0.05) is 48.5 Å². The summed E-state index contributed by atoms with van der Waals surface area (Å²) in [4.78, 5) is 20.3. The van der Waals surface area contributed by atoms with Crippen molar-refractivity contribution >= 4 is 17.9 Å². The van der Waals surface area contributed by atoms with Crippen LogP contribution >= 0.6 is 0 Å². The molecule has 0 spiro atoms. The van der Waals surface area contributed by atoms with Crippen molar-refractivity contribution in [3.05, 3.63) is 47.7 Å². The number of rotatable bonds is 5. The number of halogens is 2. The third kappa shape index (κ3) is 4.17. The molecule has 8 nitrogen and oxygen atoms in total. The highest BCUT2D eigenvalue weighted by Gasteiger charge is 2.29. The van der Waals surface area contributed by atoms with Gasteiger partial charge in [-0.1, -0.05) is 18.2 Å². The normalized spacial score (nSPS) is 13.8. The molecule has 0 saturated carbocycles. The van der Waals surface area contributed by atoms with E-state index in [4.69, 9.17) is 21.3 Å². The van der Waals surface area contributed by atoms with E-state index < -0.39 is 23.7 Å². The maximum atomic E-state index is 14.8. The predicted octanol–water partition coefficient (Wildman–Crippen LogP) is 1.37. The van der Waals surface area contributed by atoms with Gasteiger partial charge in [-0.2, -0.15) is 0 Å². The third-order valence-electron chi connectivity index (χ3n) is 4.30. The second-order valence-corrected chi connectivity index (χ2v) is 6.35. The average molecular weight is 391 g/mol. The molecule has 5 N–H and O–H groups in total. The number of amides is 1. The molecule has 0 unspecified atom stereocenters. The van der Waals surface area contributed by atoms with Crippen LogP contribution in [0.3, 0.4) is 0 Å². The van der Waals surface area contributed by atoms with E-state index in [-0.39, 0.29) is 41.6 Å². The van der Waals surface area contributed by atoms with Crippen LogP contribution < -0.4 is 16.4 Å². The number of hydrogen-bond donors (Lipinski definition) is 3. The molecule has 3 rings (SSSR count). The number of aromatic nitrogens is 1. The lowest BCUT2D eigenvalue weighted by molar-refractivity contribution is 0.149. The van der Waals surface area contributed by atoms with Gasteiger partial charge in [-0.05, 0) is 6.07 Å². The van der Waals surface area contributed by atoms with Gasteiger partial charge in [0.2, 0.25) is 0 Å². The zero-order chi connectivity index (χ0) is 20.3. The highest BCUT2D eigenvalue weighted by Crippen LogP contribution is 2.30. The highest BCUT2D eigenvalue weighted by molar-refractivity contribution is 5.87. The van der Waals surface area contributed by atoms with Gasteiger partial charge >= 0.3 is 6.09 Å². The molecule has 0 bridgehead atoms. The van der Waals surface area contributed by atoms with Gasteiger partial charge in [-0.15, -0.1) is 4.99 Å². The zero-order valence-electron chi connectivity index (χ0n) is 14.8. The summed E-state index contributed by atoms with van der Waals surface area (Å²) in [6.45, 7) is 0.692. The monoisotopic (exact) mass is 391 g/mol. The van der Waals surface area contributed by atoms with Crippen LogP contribution in [0.5, 0.6) is 0 Å². The molecule has 1 aliphatic heterocycles. The average Bonchev–Trinajstić information content (AvgIpc) is 2.60. The molecule has 1 aromatic carbocycles. The minimum absolute atomic E-state index is 0.0436. The van der Waals surface area contributed by atoms with Crippen molar-refractivity contribution in [2.24, 2.45) is 22.4 Å². The number of carbonyl (C=O) groups excluding carboxylic acids is 1. The first-order valence-electron chi connectivity index (χ1n) is 8.44. The van der Waals surface area contributed by atoms with Crippen molar-refractivity contribution < 1.29 is 23.4 Å². The number of anilines is 1. The summed E-state index contributed by atoms with van der Waals surface area (Å²) < 4.78 is 34.0. The Bertz CT molecular complexity index is 912. The molecular weight excluding hydrogens is 372 g/mol. The van der Waals surface area contributed by atoms with Gasteiger partial charge in [0.1, 0.15) is 12.4 Å². The lowest BCUT2D eigenvalue weighted by atomic mass is 10.0. The molecule has 148 valence electrons. The largest absolute Gasteiger partial charge is 0.443 e. The van der Waals surface area contributed by atoms with E-state index in [1.54, 1.807) is 11.0 Å². The van der Waals surface area contributed by atoms with E-state index in [9.17, 15) is 13.6 Å². The minimum atomic E-state index is -1.04. The fraction of sp³-hybridized carbons (Fsp3) is 0.278. The molecule has 1 fully saturated rings. The van der Waals surface area contributed by atoms with Crippen LogP contribution in [0, 0.1) is 17.6 Å². The molecule has 0 radical (unpaired) electrons. The third-order valence-corrected chi connectivity index (χ3v) is 4.30. The second-order valence-electron chi connectivity index (χ2n) is 6.35. The first-order chi connectivity index (χ1) is 13.4. The first kappa shape index (κ1) is 19.5. The fourth-order valence-corrected chi connectivity index (χ4v) is 2.86. The summed E-state index contributed by atoms with van der Waals surface area (Å²) in [5.74, 6) is -1.45. The maximum absolute atomic E-state index is 14.8. The van der Waals surface area contributed by atoms with Crippen LogP contribution in [0.25, 0.3) is 11.1 Å². The topological polar surface area (TPSA) is 127 Å². The number of aliphatic imine (C=N–C) groups is 1. The van der Waals surface area contributed by atoms with Crippen LogP contribution in [-0.2, 0) is 11.3 Å². The Balaban J connectivity index is 1.77. The van der Waals surface area contributed by atoms with Crippen molar-refractivity contribution in [1.29, 1.82) is 0 Å². The van der Waals surface area contributed by atoms with Crippen molar-refractivity contribution in [1.82, 2.24) is 4.98 Å². The Morgan fingerprint density at radius 2 is 2.11 bits per heavy atom. The first-order valence-corrected chi connectivity index (χ1v) is 8.44. The fourth-order valence-electron chi connectivity index (χ4n) is 2.86. The molecule has 2 heterocycles.